The monoisotopic (exact) mass is 253 g/mol. The van der Waals surface area contributed by atoms with Gasteiger partial charge in [0.1, 0.15) is 0 Å². The zero-order valence-corrected chi connectivity index (χ0v) is 7.53. The molecular weight excluding hydrogens is 243 g/mol. The molecule has 0 radical (unpaired) electrons. The van der Waals surface area contributed by atoms with Gasteiger partial charge in [0, 0.05) is 32.5 Å². The molecule has 0 spiro atoms. The number of rotatable bonds is 2. The molecule has 0 atom stereocenters. The van der Waals surface area contributed by atoms with Crippen molar-refractivity contribution in [1.29, 1.82) is 0 Å². The van der Waals surface area contributed by atoms with Crippen molar-refractivity contribution in [2.45, 2.75) is 13.3 Å². The molecule has 2 heteroatoms. The molecule has 0 aromatic carbocycles. The summed E-state index contributed by atoms with van der Waals surface area (Å²) in [6.07, 6.45) is 2.75. The van der Waals surface area contributed by atoms with E-state index in [-0.39, 0.29) is 32.5 Å². The topological polar surface area (TPSA) is 20.2 Å². The first-order valence-electron chi connectivity index (χ1n) is 1.80. The Labute approximate surface area is 57.5 Å². The SMILES string of the molecule is C[CH-]CCO.[Hf]. The predicted molar refractivity (Wildman–Crippen MR) is 21.7 cm³/mol. The summed E-state index contributed by atoms with van der Waals surface area (Å²) >= 11 is 0. The number of unbranched alkanes of at least 4 members (excludes halogenated alkanes) is 1. The van der Waals surface area contributed by atoms with E-state index in [9.17, 15) is 0 Å². The minimum Gasteiger partial charge on any atom is -0.399 e. The second kappa shape index (κ2) is 9.27. The minimum absolute atomic E-state index is 0. The van der Waals surface area contributed by atoms with Crippen molar-refractivity contribution in [2.75, 3.05) is 6.61 Å². The molecule has 0 aromatic rings. The van der Waals surface area contributed by atoms with E-state index in [0.717, 1.165) is 6.42 Å². The van der Waals surface area contributed by atoms with Gasteiger partial charge >= 0.3 is 0 Å². The van der Waals surface area contributed by atoms with Crippen LogP contribution in [0.5, 0.6) is 0 Å². The Balaban J connectivity index is 0. The summed E-state index contributed by atoms with van der Waals surface area (Å²) in [5.74, 6) is 0. The van der Waals surface area contributed by atoms with Crippen molar-refractivity contribution in [2.24, 2.45) is 0 Å². The van der Waals surface area contributed by atoms with Crippen molar-refractivity contribution >= 4 is 0 Å². The Bertz CT molecular complexity index is 15.0. The van der Waals surface area contributed by atoms with Crippen molar-refractivity contribution < 1.29 is 30.9 Å². The van der Waals surface area contributed by atoms with Crippen molar-refractivity contribution in [3.8, 4) is 0 Å². The van der Waals surface area contributed by atoms with Gasteiger partial charge in [-0.2, -0.15) is 13.3 Å². The Morgan fingerprint density at radius 3 is 2.17 bits per heavy atom. The number of aliphatic hydroxyl groups is 1. The molecule has 0 unspecified atom stereocenters. The van der Waals surface area contributed by atoms with Crippen LogP contribution in [0.25, 0.3) is 0 Å². The van der Waals surface area contributed by atoms with Gasteiger partial charge < -0.3 is 11.5 Å². The number of aliphatic hydroxyl groups excluding tert-OH is 1. The number of hydrogen-bond donors (Lipinski definition) is 1. The van der Waals surface area contributed by atoms with Gasteiger partial charge in [-0.1, -0.05) is 0 Å². The van der Waals surface area contributed by atoms with Crippen LogP contribution in [0.2, 0.25) is 0 Å². The quantitative estimate of drug-likeness (QED) is 0.563. The maximum Gasteiger partial charge on any atom is 0.0161 e. The van der Waals surface area contributed by atoms with Crippen molar-refractivity contribution in [1.82, 2.24) is 0 Å². The second-order valence-corrected chi connectivity index (χ2v) is 0.921. The van der Waals surface area contributed by atoms with Gasteiger partial charge in [0.2, 0.25) is 0 Å². The van der Waals surface area contributed by atoms with E-state index in [1.54, 1.807) is 0 Å². The molecule has 1 nitrogen and oxygen atoms in total. The van der Waals surface area contributed by atoms with E-state index < -0.39 is 0 Å². The Kier molecular flexibility index (Phi) is 15.4. The largest absolute Gasteiger partial charge is 0.399 e. The van der Waals surface area contributed by atoms with Crippen LogP contribution in [0, 0.1) is 6.42 Å². The molecule has 0 rings (SSSR count). The van der Waals surface area contributed by atoms with E-state index in [1.807, 2.05) is 13.3 Å². The Morgan fingerprint density at radius 1 is 1.67 bits per heavy atom. The first-order chi connectivity index (χ1) is 2.41. The molecule has 1 N–H and O–H groups in total. The van der Waals surface area contributed by atoms with Crippen molar-refractivity contribution in [3.63, 3.8) is 0 Å². The van der Waals surface area contributed by atoms with Crippen LogP contribution in [0.3, 0.4) is 0 Å². The molecule has 36 valence electrons. The van der Waals surface area contributed by atoms with Gasteiger partial charge in [-0.3, -0.25) is 0 Å². The fraction of sp³-hybridized carbons (Fsp3) is 0.750. The Hall–Kier alpha value is 0.830. The van der Waals surface area contributed by atoms with E-state index in [1.165, 1.54) is 0 Å². The normalized spacial score (nSPS) is 7.00. The molecule has 0 saturated carbocycles. The third-order valence-corrected chi connectivity index (χ3v) is 0.418. The predicted octanol–water partition coefficient (Wildman–Crippen LogP) is 0.590. The average Bonchev–Trinajstić information content (AvgIpc) is 1.41. The molecule has 6 heavy (non-hydrogen) atoms. The standard InChI is InChI=1S/C4H9O.Hf/c1-2-3-4-5;/h2,5H,3-4H2,1H3;/q-1;. The fourth-order valence-electron chi connectivity index (χ4n) is 0.129. The minimum atomic E-state index is 0. The summed E-state index contributed by atoms with van der Waals surface area (Å²) in [5, 5.41) is 8.04. The molecule has 0 amide bonds. The maximum absolute atomic E-state index is 8.04. The van der Waals surface area contributed by atoms with Crippen LogP contribution in [-0.4, -0.2) is 11.7 Å². The van der Waals surface area contributed by atoms with Gasteiger partial charge in [0.15, 0.2) is 0 Å². The third-order valence-electron chi connectivity index (χ3n) is 0.418. The van der Waals surface area contributed by atoms with Gasteiger partial charge in [-0.15, -0.1) is 0 Å². The summed E-state index contributed by atoms with van der Waals surface area (Å²) in [6.45, 7) is 2.22. The van der Waals surface area contributed by atoms with E-state index in [4.69, 9.17) is 5.11 Å². The maximum atomic E-state index is 8.04. The molecule has 0 heterocycles. The summed E-state index contributed by atoms with van der Waals surface area (Å²) in [4.78, 5) is 0. The molecule has 0 aromatic heterocycles. The van der Waals surface area contributed by atoms with Crippen LogP contribution in [0.15, 0.2) is 0 Å². The van der Waals surface area contributed by atoms with Crippen LogP contribution in [0.4, 0.5) is 0 Å². The molecule has 0 aliphatic carbocycles. The summed E-state index contributed by atoms with van der Waals surface area (Å²) in [5.41, 5.74) is 0. The van der Waals surface area contributed by atoms with Crippen molar-refractivity contribution in [3.05, 3.63) is 6.42 Å². The first kappa shape index (κ1) is 9.95. The van der Waals surface area contributed by atoms with Gasteiger partial charge in [-0.05, 0) is 0 Å². The summed E-state index contributed by atoms with van der Waals surface area (Å²) in [7, 11) is 0. The van der Waals surface area contributed by atoms with Crippen LogP contribution in [0.1, 0.15) is 13.3 Å². The van der Waals surface area contributed by atoms with E-state index >= 15 is 0 Å². The third kappa shape index (κ3) is 8.85. The fourth-order valence-corrected chi connectivity index (χ4v) is 0.129. The van der Waals surface area contributed by atoms with E-state index in [0.29, 0.717) is 0 Å². The average molecular weight is 252 g/mol. The van der Waals surface area contributed by atoms with Crippen LogP contribution in [-0.2, 0) is 25.8 Å². The number of hydrogen-bond acceptors (Lipinski definition) is 1. The Morgan fingerprint density at radius 2 is 2.17 bits per heavy atom. The van der Waals surface area contributed by atoms with E-state index in [2.05, 4.69) is 0 Å². The zero-order valence-electron chi connectivity index (χ0n) is 3.94. The molecule has 0 aliphatic heterocycles. The van der Waals surface area contributed by atoms with Gasteiger partial charge in [0.05, 0.1) is 0 Å². The second-order valence-electron chi connectivity index (χ2n) is 0.921. The smallest absolute Gasteiger partial charge is 0.0161 e. The van der Waals surface area contributed by atoms with Crippen LogP contribution >= 0.6 is 0 Å². The zero-order chi connectivity index (χ0) is 4.12. The molecule has 0 fully saturated rings. The summed E-state index contributed by atoms with van der Waals surface area (Å²) in [6, 6.07) is 0. The molecule has 0 bridgehead atoms. The molecule has 0 saturated heterocycles. The molecule has 0 aliphatic rings. The summed E-state index contributed by atoms with van der Waals surface area (Å²) < 4.78 is 0. The molecular formula is C4H9HfO-. The van der Waals surface area contributed by atoms with Gasteiger partial charge in [-0.25, -0.2) is 0 Å². The van der Waals surface area contributed by atoms with Gasteiger partial charge in [0.25, 0.3) is 0 Å². The van der Waals surface area contributed by atoms with Crippen LogP contribution < -0.4 is 0 Å². The first-order valence-corrected chi connectivity index (χ1v) is 1.80.